The SMILES string of the molecule is COCC(O)COc1cc(CNC2CC2)ccc1OC. The van der Waals surface area contributed by atoms with Crippen molar-refractivity contribution in [2.75, 3.05) is 27.4 Å². The summed E-state index contributed by atoms with van der Waals surface area (Å²) >= 11 is 0. The Balaban J connectivity index is 1.93. The quantitative estimate of drug-likeness (QED) is 0.715. The average molecular weight is 281 g/mol. The molecule has 1 aromatic rings. The summed E-state index contributed by atoms with van der Waals surface area (Å²) in [5, 5.41) is 13.1. The molecule has 1 aromatic carbocycles. The van der Waals surface area contributed by atoms with Crippen LogP contribution in [0.1, 0.15) is 18.4 Å². The highest BCUT2D eigenvalue weighted by Crippen LogP contribution is 2.28. The zero-order valence-electron chi connectivity index (χ0n) is 12.1. The van der Waals surface area contributed by atoms with Crippen molar-refractivity contribution >= 4 is 0 Å². The third kappa shape index (κ3) is 4.67. The minimum atomic E-state index is -0.641. The first-order valence-electron chi connectivity index (χ1n) is 6.93. The van der Waals surface area contributed by atoms with Gasteiger partial charge in [-0.15, -0.1) is 0 Å². The Morgan fingerprint density at radius 3 is 2.70 bits per heavy atom. The van der Waals surface area contributed by atoms with Crippen molar-refractivity contribution in [3.8, 4) is 11.5 Å². The highest BCUT2D eigenvalue weighted by molar-refractivity contribution is 5.43. The van der Waals surface area contributed by atoms with Crippen LogP contribution in [-0.2, 0) is 11.3 Å². The maximum Gasteiger partial charge on any atom is 0.161 e. The summed E-state index contributed by atoms with van der Waals surface area (Å²) in [4.78, 5) is 0. The molecule has 0 amide bonds. The van der Waals surface area contributed by atoms with Crippen LogP contribution < -0.4 is 14.8 Å². The molecule has 2 rings (SSSR count). The first kappa shape index (κ1) is 15.1. The topological polar surface area (TPSA) is 60.0 Å². The molecule has 0 saturated heterocycles. The van der Waals surface area contributed by atoms with E-state index in [1.807, 2.05) is 18.2 Å². The van der Waals surface area contributed by atoms with Gasteiger partial charge < -0.3 is 24.6 Å². The predicted molar refractivity (Wildman–Crippen MR) is 76.2 cm³/mol. The van der Waals surface area contributed by atoms with Crippen molar-refractivity contribution in [3.05, 3.63) is 23.8 Å². The number of nitrogens with one attached hydrogen (secondary N) is 1. The van der Waals surface area contributed by atoms with E-state index in [2.05, 4.69) is 5.32 Å². The molecule has 0 spiro atoms. The second-order valence-corrected chi connectivity index (χ2v) is 5.06. The first-order chi connectivity index (χ1) is 9.72. The lowest BCUT2D eigenvalue weighted by molar-refractivity contribution is 0.0319. The van der Waals surface area contributed by atoms with Gasteiger partial charge in [-0.1, -0.05) is 6.07 Å². The van der Waals surface area contributed by atoms with Gasteiger partial charge in [-0.3, -0.25) is 0 Å². The van der Waals surface area contributed by atoms with Gasteiger partial charge in [0.25, 0.3) is 0 Å². The number of hydrogen-bond acceptors (Lipinski definition) is 5. The third-order valence-corrected chi connectivity index (χ3v) is 3.19. The minimum absolute atomic E-state index is 0.184. The van der Waals surface area contributed by atoms with Crippen LogP contribution in [-0.4, -0.2) is 44.7 Å². The molecule has 5 heteroatoms. The number of aliphatic hydroxyl groups excluding tert-OH is 1. The minimum Gasteiger partial charge on any atom is -0.493 e. The lowest BCUT2D eigenvalue weighted by Crippen LogP contribution is -2.23. The number of aliphatic hydroxyl groups is 1. The van der Waals surface area contributed by atoms with Crippen LogP contribution in [0.4, 0.5) is 0 Å². The van der Waals surface area contributed by atoms with E-state index in [1.165, 1.54) is 12.8 Å². The second-order valence-electron chi connectivity index (χ2n) is 5.06. The van der Waals surface area contributed by atoms with E-state index in [9.17, 15) is 5.11 Å². The van der Waals surface area contributed by atoms with Crippen molar-refractivity contribution in [3.63, 3.8) is 0 Å². The van der Waals surface area contributed by atoms with E-state index in [0.29, 0.717) is 17.5 Å². The molecule has 1 saturated carbocycles. The molecular weight excluding hydrogens is 258 g/mol. The Bertz CT molecular complexity index is 420. The highest BCUT2D eigenvalue weighted by Gasteiger charge is 2.20. The van der Waals surface area contributed by atoms with Crippen LogP contribution in [0.5, 0.6) is 11.5 Å². The summed E-state index contributed by atoms with van der Waals surface area (Å²) in [6.07, 6.45) is 1.89. The average Bonchev–Trinajstić information content (AvgIpc) is 3.27. The van der Waals surface area contributed by atoms with Crippen molar-refractivity contribution < 1.29 is 19.3 Å². The summed E-state index contributed by atoms with van der Waals surface area (Å²) in [5.74, 6) is 1.32. The Labute approximate surface area is 119 Å². The lowest BCUT2D eigenvalue weighted by atomic mass is 10.2. The molecule has 5 nitrogen and oxygen atoms in total. The molecule has 112 valence electrons. The first-order valence-corrected chi connectivity index (χ1v) is 6.93. The number of rotatable bonds is 9. The number of methoxy groups -OCH3 is 2. The fraction of sp³-hybridized carbons (Fsp3) is 0.600. The molecule has 20 heavy (non-hydrogen) atoms. The Morgan fingerprint density at radius 2 is 2.05 bits per heavy atom. The number of hydrogen-bond donors (Lipinski definition) is 2. The molecular formula is C15H23NO4. The normalized spacial score (nSPS) is 15.9. The predicted octanol–water partition coefficient (Wildman–Crippen LogP) is 1.33. The fourth-order valence-corrected chi connectivity index (χ4v) is 1.92. The number of benzene rings is 1. The van der Waals surface area contributed by atoms with E-state index in [0.717, 1.165) is 12.1 Å². The van der Waals surface area contributed by atoms with E-state index >= 15 is 0 Å². The molecule has 0 bridgehead atoms. The third-order valence-electron chi connectivity index (χ3n) is 3.19. The van der Waals surface area contributed by atoms with Crippen molar-refractivity contribution in [1.82, 2.24) is 5.32 Å². The standard InChI is InChI=1S/C15H23NO4/c1-18-9-13(17)10-20-15-7-11(3-6-14(15)19-2)8-16-12-4-5-12/h3,6-7,12-13,16-17H,4-5,8-10H2,1-2H3. The highest BCUT2D eigenvalue weighted by atomic mass is 16.5. The molecule has 1 aliphatic carbocycles. The molecule has 1 fully saturated rings. The van der Waals surface area contributed by atoms with Gasteiger partial charge >= 0.3 is 0 Å². The maximum absolute atomic E-state index is 9.62. The van der Waals surface area contributed by atoms with Crippen LogP contribution in [0, 0.1) is 0 Å². The van der Waals surface area contributed by atoms with E-state index in [-0.39, 0.29) is 13.2 Å². The van der Waals surface area contributed by atoms with E-state index in [4.69, 9.17) is 14.2 Å². The Hall–Kier alpha value is -1.30. The van der Waals surface area contributed by atoms with Crippen LogP contribution in [0.3, 0.4) is 0 Å². The summed E-state index contributed by atoms with van der Waals surface area (Å²) in [6.45, 7) is 1.26. The van der Waals surface area contributed by atoms with Gasteiger partial charge in [0.1, 0.15) is 12.7 Å². The van der Waals surface area contributed by atoms with Gasteiger partial charge in [0.2, 0.25) is 0 Å². The van der Waals surface area contributed by atoms with Crippen molar-refractivity contribution in [1.29, 1.82) is 0 Å². The smallest absolute Gasteiger partial charge is 0.161 e. The van der Waals surface area contributed by atoms with Gasteiger partial charge in [0.05, 0.1) is 13.7 Å². The summed E-state index contributed by atoms with van der Waals surface area (Å²) in [7, 11) is 3.16. The lowest BCUT2D eigenvalue weighted by Gasteiger charge is -2.15. The Morgan fingerprint density at radius 1 is 1.25 bits per heavy atom. The zero-order valence-corrected chi connectivity index (χ0v) is 12.1. The van der Waals surface area contributed by atoms with Crippen LogP contribution in [0.15, 0.2) is 18.2 Å². The maximum atomic E-state index is 9.62. The number of ether oxygens (including phenoxy) is 3. The summed E-state index contributed by atoms with van der Waals surface area (Å²) < 4.78 is 15.8. The van der Waals surface area contributed by atoms with Gasteiger partial charge in [-0.25, -0.2) is 0 Å². The monoisotopic (exact) mass is 281 g/mol. The molecule has 0 heterocycles. The molecule has 0 radical (unpaired) electrons. The van der Waals surface area contributed by atoms with Gasteiger partial charge in [0.15, 0.2) is 11.5 Å². The van der Waals surface area contributed by atoms with Crippen LogP contribution in [0.25, 0.3) is 0 Å². The van der Waals surface area contributed by atoms with Crippen LogP contribution in [0.2, 0.25) is 0 Å². The largest absolute Gasteiger partial charge is 0.493 e. The van der Waals surface area contributed by atoms with Gasteiger partial charge in [-0.05, 0) is 30.5 Å². The van der Waals surface area contributed by atoms with Crippen molar-refractivity contribution in [2.24, 2.45) is 0 Å². The van der Waals surface area contributed by atoms with Gasteiger partial charge in [0, 0.05) is 19.7 Å². The molecule has 1 unspecified atom stereocenters. The van der Waals surface area contributed by atoms with E-state index in [1.54, 1.807) is 14.2 Å². The van der Waals surface area contributed by atoms with Gasteiger partial charge in [-0.2, -0.15) is 0 Å². The van der Waals surface area contributed by atoms with Crippen molar-refractivity contribution in [2.45, 2.75) is 31.5 Å². The molecule has 1 atom stereocenters. The second kappa shape index (κ2) is 7.47. The molecule has 1 aliphatic rings. The summed E-state index contributed by atoms with van der Waals surface area (Å²) in [5.41, 5.74) is 1.15. The summed E-state index contributed by atoms with van der Waals surface area (Å²) in [6, 6.07) is 6.53. The zero-order chi connectivity index (χ0) is 14.4. The fourth-order valence-electron chi connectivity index (χ4n) is 1.92. The van der Waals surface area contributed by atoms with Crippen LogP contribution >= 0.6 is 0 Å². The molecule has 2 N–H and O–H groups in total. The Kier molecular flexibility index (Phi) is 5.64. The molecule has 0 aromatic heterocycles. The molecule has 0 aliphatic heterocycles. The van der Waals surface area contributed by atoms with E-state index < -0.39 is 6.10 Å².